The summed E-state index contributed by atoms with van der Waals surface area (Å²) >= 11 is 0. The smallest absolute Gasteiger partial charge is 0.278 e. The zero-order chi connectivity index (χ0) is 21.1. The van der Waals surface area contributed by atoms with Crippen molar-refractivity contribution < 1.29 is 14.1 Å². The predicted molar refractivity (Wildman–Crippen MR) is 111 cm³/mol. The highest BCUT2D eigenvalue weighted by Gasteiger charge is 2.27. The molecule has 4 rings (SSSR count). The third-order valence-corrected chi connectivity index (χ3v) is 5.45. The molecule has 1 aliphatic rings. The van der Waals surface area contributed by atoms with Crippen LogP contribution in [0, 0.1) is 12.7 Å². The fraction of sp³-hybridized carbons (Fsp3) is 0.261. The number of nitrogens with zero attached hydrogens (tertiary/aromatic N) is 3. The molecular formula is C23H24FN4O2+. The highest BCUT2D eigenvalue weighted by atomic mass is 19.1. The highest BCUT2D eigenvalue weighted by molar-refractivity contribution is 5.92. The van der Waals surface area contributed by atoms with Gasteiger partial charge in [-0.05, 0) is 19.1 Å². The lowest BCUT2D eigenvalue weighted by molar-refractivity contribution is -0.917. The number of benzene rings is 2. The van der Waals surface area contributed by atoms with Gasteiger partial charge in [0.2, 0.25) is 5.43 Å². The minimum absolute atomic E-state index is 0.171. The minimum atomic E-state index is -0.465. The van der Waals surface area contributed by atoms with Gasteiger partial charge < -0.3 is 9.80 Å². The van der Waals surface area contributed by atoms with E-state index in [0.29, 0.717) is 18.8 Å². The summed E-state index contributed by atoms with van der Waals surface area (Å²) in [6.45, 7) is 5.28. The summed E-state index contributed by atoms with van der Waals surface area (Å²) in [6.07, 6.45) is 0. The van der Waals surface area contributed by atoms with Gasteiger partial charge in [-0.15, -0.1) is 0 Å². The van der Waals surface area contributed by atoms with Crippen molar-refractivity contribution in [1.82, 2.24) is 14.7 Å². The number of para-hydroxylation sites is 1. The van der Waals surface area contributed by atoms with Crippen LogP contribution in [-0.4, -0.2) is 46.8 Å². The molecule has 2 aromatic carbocycles. The van der Waals surface area contributed by atoms with Crippen LogP contribution in [0.3, 0.4) is 0 Å². The largest absolute Gasteiger partial charge is 0.328 e. The van der Waals surface area contributed by atoms with Crippen molar-refractivity contribution in [2.24, 2.45) is 0 Å². The molecule has 3 aromatic rings. The molecule has 0 aliphatic carbocycles. The zero-order valence-electron chi connectivity index (χ0n) is 16.8. The zero-order valence-corrected chi connectivity index (χ0v) is 16.8. The van der Waals surface area contributed by atoms with Crippen LogP contribution >= 0.6 is 0 Å². The molecule has 7 heteroatoms. The fourth-order valence-electron chi connectivity index (χ4n) is 3.80. The van der Waals surface area contributed by atoms with Crippen LogP contribution in [0.15, 0.2) is 65.5 Å². The number of amides is 1. The van der Waals surface area contributed by atoms with Gasteiger partial charge in [-0.2, -0.15) is 5.10 Å². The first kappa shape index (κ1) is 20.0. The molecule has 1 aliphatic heterocycles. The first-order valence-corrected chi connectivity index (χ1v) is 10.1. The van der Waals surface area contributed by atoms with E-state index < -0.39 is 17.2 Å². The number of aromatic nitrogens is 2. The summed E-state index contributed by atoms with van der Waals surface area (Å²) < 4.78 is 15.5. The minimum Gasteiger partial charge on any atom is -0.328 e. The molecule has 6 nitrogen and oxygen atoms in total. The lowest BCUT2D eigenvalue weighted by Crippen LogP contribution is -3.13. The molecular weight excluding hydrogens is 383 g/mol. The number of rotatable bonds is 4. The first-order valence-electron chi connectivity index (χ1n) is 10.1. The second-order valence-corrected chi connectivity index (χ2v) is 7.57. The van der Waals surface area contributed by atoms with E-state index in [1.54, 1.807) is 30.0 Å². The average Bonchev–Trinajstić information content (AvgIpc) is 2.75. The third-order valence-electron chi connectivity index (χ3n) is 5.45. The lowest BCUT2D eigenvalue weighted by atomic mass is 10.2. The van der Waals surface area contributed by atoms with Gasteiger partial charge in [-0.3, -0.25) is 9.59 Å². The number of nitrogens with one attached hydrogen (secondary N) is 1. The Morgan fingerprint density at radius 2 is 1.73 bits per heavy atom. The van der Waals surface area contributed by atoms with Crippen LogP contribution in [-0.2, 0) is 6.54 Å². The monoisotopic (exact) mass is 407 g/mol. The quantitative estimate of drug-likeness (QED) is 0.708. The molecule has 0 saturated carbocycles. The highest BCUT2D eigenvalue weighted by Crippen LogP contribution is 2.13. The molecule has 2 heterocycles. The van der Waals surface area contributed by atoms with Crippen molar-refractivity contribution in [2.75, 3.05) is 26.2 Å². The van der Waals surface area contributed by atoms with Gasteiger partial charge in [-0.25, -0.2) is 9.07 Å². The molecule has 1 N–H and O–H groups in total. The van der Waals surface area contributed by atoms with Crippen LogP contribution in [0.25, 0.3) is 5.69 Å². The topological polar surface area (TPSA) is 59.6 Å². The maximum atomic E-state index is 14.2. The molecule has 30 heavy (non-hydrogen) atoms. The third kappa shape index (κ3) is 4.16. The number of piperazine rings is 1. The summed E-state index contributed by atoms with van der Waals surface area (Å²) in [7, 11) is 0. The number of quaternary nitrogens is 1. The Hall–Kier alpha value is -3.32. The normalized spacial score (nSPS) is 14.7. The van der Waals surface area contributed by atoms with Gasteiger partial charge in [0.15, 0.2) is 5.69 Å². The lowest BCUT2D eigenvalue weighted by Gasteiger charge is -2.32. The summed E-state index contributed by atoms with van der Waals surface area (Å²) in [4.78, 5) is 28.5. The average molecular weight is 407 g/mol. The van der Waals surface area contributed by atoms with E-state index in [-0.39, 0.29) is 11.4 Å². The standard InChI is InChI=1S/C23H23FN4O2/c1-17-15-21(29)22(25-28(17)20-10-6-5-9-19(20)24)23(30)27-13-11-26(12-14-27)16-18-7-3-2-4-8-18/h2-10,15H,11-14,16H2,1H3/p+1. The van der Waals surface area contributed by atoms with Crippen LogP contribution < -0.4 is 10.3 Å². The molecule has 0 bridgehead atoms. The van der Waals surface area contributed by atoms with E-state index in [9.17, 15) is 14.0 Å². The van der Waals surface area contributed by atoms with Crippen LogP contribution in [0.2, 0.25) is 0 Å². The van der Waals surface area contributed by atoms with Crippen LogP contribution in [0.5, 0.6) is 0 Å². The Labute approximate surface area is 174 Å². The number of hydrogen-bond donors (Lipinski definition) is 1. The number of carbonyl (C=O) groups is 1. The van der Waals surface area contributed by atoms with Gasteiger partial charge in [0, 0.05) is 17.3 Å². The van der Waals surface area contributed by atoms with E-state index in [4.69, 9.17) is 0 Å². The van der Waals surface area contributed by atoms with Gasteiger partial charge in [-0.1, -0.05) is 42.5 Å². The number of hydrogen-bond acceptors (Lipinski definition) is 3. The second kappa shape index (κ2) is 8.59. The summed E-state index contributed by atoms with van der Waals surface area (Å²) in [5, 5.41) is 4.23. The molecule has 0 atom stereocenters. The van der Waals surface area contributed by atoms with Crippen molar-refractivity contribution >= 4 is 5.91 Å². The summed E-state index contributed by atoms with van der Waals surface area (Å²) in [5.74, 6) is -0.864. The van der Waals surface area contributed by atoms with Gasteiger partial charge in [0.05, 0.1) is 26.2 Å². The van der Waals surface area contributed by atoms with Crippen molar-refractivity contribution in [3.05, 3.63) is 93.7 Å². The SMILES string of the molecule is Cc1cc(=O)c(C(=O)N2CC[NH+](Cc3ccccc3)CC2)nn1-c1ccccc1F. The number of carbonyl (C=O) groups excluding carboxylic acids is 1. The second-order valence-electron chi connectivity index (χ2n) is 7.57. The molecule has 0 radical (unpaired) electrons. The van der Waals surface area contributed by atoms with E-state index >= 15 is 0 Å². The Morgan fingerprint density at radius 3 is 2.43 bits per heavy atom. The number of halogens is 1. The predicted octanol–water partition coefficient (Wildman–Crippen LogP) is 1.22. The van der Waals surface area contributed by atoms with Gasteiger partial charge in [0.25, 0.3) is 5.91 Å². The molecule has 0 unspecified atom stereocenters. The Kier molecular flexibility index (Phi) is 5.72. The Morgan fingerprint density at radius 1 is 1.07 bits per heavy atom. The Balaban J connectivity index is 1.51. The van der Waals surface area contributed by atoms with E-state index in [0.717, 1.165) is 19.6 Å². The maximum absolute atomic E-state index is 14.2. The van der Waals surface area contributed by atoms with E-state index in [2.05, 4.69) is 17.2 Å². The summed E-state index contributed by atoms with van der Waals surface area (Å²) in [6, 6.07) is 17.8. The van der Waals surface area contributed by atoms with Gasteiger partial charge in [0.1, 0.15) is 18.0 Å². The van der Waals surface area contributed by atoms with E-state index in [1.165, 1.54) is 27.3 Å². The van der Waals surface area contributed by atoms with Crippen molar-refractivity contribution in [2.45, 2.75) is 13.5 Å². The van der Waals surface area contributed by atoms with E-state index in [1.807, 2.05) is 18.2 Å². The fourth-order valence-corrected chi connectivity index (χ4v) is 3.80. The molecule has 1 amide bonds. The summed E-state index contributed by atoms with van der Waals surface area (Å²) in [5.41, 5.74) is 1.33. The first-order chi connectivity index (χ1) is 14.5. The van der Waals surface area contributed by atoms with Crippen molar-refractivity contribution in [3.63, 3.8) is 0 Å². The molecule has 0 spiro atoms. The van der Waals surface area contributed by atoms with Gasteiger partial charge >= 0.3 is 0 Å². The molecule has 1 saturated heterocycles. The molecule has 154 valence electrons. The molecule has 1 fully saturated rings. The molecule has 1 aromatic heterocycles. The van der Waals surface area contributed by atoms with Crippen molar-refractivity contribution in [3.8, 4) is 5.69 Å². The number of aryl methyl sites for hydroxylation is 1. The maximum Gasteiger partial charge on any atom is 0.278 e. The van der Waals surface area contributed by atoms with Crippen LogP contribution in [0.1, 0.15) is 21.7 Å². The van der Waals surface area contributed by atoms with Crippen molar-refractivity contribution in [1.29, 1.82) is 0 Å². The Bertz CT molecular complexity index is 1110. The van der Waals surface area contributed by atoms with Crippen LogP contribution in [0.4, 0.5) is 4.39 Å².